The number of hydrogen-bond acceptors (Lipinski definition) is 4. The summed E-state index contributed by atoms with van der Waals surface area (Å²) in [6.45, 7) is 0. The quantitative estimate of drug-likeness (QED) is 0.167. The highest BCUT2D eigenvalue weighted by Gasteiger charge is 2.19. The highest BCUT2D eigenvalue weighted by molar-refractivity contribution is 6.08. The van der Waals surface area contributed by atoms with Gasteiger partial charge in [0, 0.05) is 68.5 Å². The zero-order valence-corrected chi connectivity index (χ0v) is 37.6. The van der Waals surface area contributed by atoms with Gasteiger partial charge in [0.25, 0.3) is 0 Å². The molecule has 0 unspecified atom stereocenters. The Morgan fingerprint density at radius 3 is 0.814 bits per heavy atom. The Morgan fingerprint density at radius 1 is 0.257 bits per heavy atom. The molecule has 9 aromatic carbocycles. The number of aromatic nitrogens is 6. The summed E-state index contributed by atoms with van der Waals surface area (Å²) < 4.78 is 6.72. The van der Waals surface area contributed by atoms with Crippen LogP contribution in [-0.2, 0) is 0 Å². The minimum Gasteiger partial charge on any atom is -0.311 e. The standard InChI is InChI=1S/C63H39N7/c1-4-16-49-46(13-1)52(37-67-58-22-10-7-19-55(58)64-61(49)67)40-25-31-43(32-26-40)70(44-33-27-41(28-34-44)53-38-68-59-23-11-8-20-56(59)65-62(68)50-17-5-2-14-47(50)53)45-35-29-42(30-36-45)54-39-69-60-24-12-9-21-57(60)66-63(69)51-18-6-3-15-48(51)54/h1-39H. The molecule has 0 saturated carbocycles. The fourth-order valence-electron chi connectivity index (χ4n) is 10.9. The van der Waals surface area contributed by atoms with E-state index in [4.69, 9.17) is 15.0 Å². The maximum atomic E-state index is 5.06. The largest absolute Gasteiger partial charge is 0.311 e. The van der Waals surface area contributed by atoms with Crippen molar-refractivity contribution in [2.24, 2.45) is 0 Å². The molecule has 0 aliphatic heterocycles. The van der Waals surface area contributed by atoms with Crippen LogP contribution >= 0.6 is 0 Å². The smallest absolute Gasteiger partial charge is 0.145 e. The van der Waals surface area contributed by atoms with Crippen LogP contribution in [-0.4, -0.2) is 28.2 Å². The number of pyridine rings is 3. The van der Waals surface area contributed by atoms with Crippen molar-refractivity contribution in [2.45, 2.75) is 0 Å². The zero-order chi connectivity index (χ0) is 45.9. The highest BCUT2D eigenvalue weighted by atomic mass is 15.1. The van der Waals surface area contributed by atoms with Gasteiger partial charge in [-0.25, -0.2) is 15.0 Å². The van der Waals surface area contributed by atoms with Crippen LogP contribution in [0.1, 0.15) is 0 Å². The van der Waals surface area contributed by atoms with Crippen molar-refractivity contribution in [1.29, 1.82) is 0 Å². The van der Waals surface area contributed by atoms with Crippen LogP contribution in [0.15, 0.2) is 237 Å². The van der Waals surface area contributed by atoms with Crippen LogP contribution in [0.5, 0.6) is 0 Å². The molecule has 7 nitrogen and oxygen atoms in total. The van der Waals surface area contributed by atoms with E-state index < -0.39 is 0 Å². The molecule has 0 N–H and O–H groups in total. The van der Waals surface area contributed by atoms with Crippen molar-refractivity contribution in [3.05, 3.63) is 237 Å². The Bertz CT molecular complexity index is 4110. The Labute approximate surface area is 401 Å². The molecule has 6 aromatic heterocycles. The first-order chi connectivity index (χ1) is 34.7. The molecule has 0 radical (unpaired) electrons. The summed E-state index contributed by atoms with van der Waals surface area (Å²) in [4.78, 5) is 17.5. The van der Waals surface area contributed by atoms with Gasteiger partial charge in [0.2, 0.25) is 0 Å². The number of nitrogens with zero attached hydrogens (tertiary/aromatic N) is 7. The van der Waals surface area contributed by atoms with E-state index in [9.17, 15) is 0 Å². The molecule has 15 aromatic rings. The van der Waals surface area contributed by atoms with E-state index in [1.807, 2.05) is 0 Å². The van der Waals surface area contributed by atoms with Gasteiger partial charge in [-0.1, -0.05) is 146 Å². The first kappa shape index (κ1) is 38.5. The van der Waals surface area contributed by atoms with E-state index in [-0.39, 0.29) is 0 Å². The van der Waals surface area contributed by atoms with Gasteiger partial charge in [-0.15, -0.1) is 0 Å². The normalized spacial score (nSPS) is 12.0. The number of imidazole rings is 3. The molecule has 15 rings (SSSR count). The molecule has 0 saturated heterocycles. The van der Waals surface area contributed by atoms with Gasteiger partial charge in [0.05, 0.1) is 33.1 Å². The Balaban J connectivity index is 0.876. The molecule has 0 spiro atoms. The summed E-state index contributed by atoms with van der Waals surface area (Å²) in [5, 5.41) is 6.90. The van der Waals surface area contributed by atoms with Crippen molar-refractivity contribution in [1.82, 2.24) is 28.2 Å². The highest BCUT2D eigenvalue weighted by Crippen LogP contribution is 2.42. The number of fused-ring (bicyclic) bond motifs is 15. The molecular formula is C63H39N7. The second-order valence-electron chi connectivity index (χ2n) is 18.1. The van der Waals surface area contributed by atoms with Crippen LogP contribution in [0.3, 0.4) is 0 Å². The predicted molar refractivity (Wildman–Crippen MR) is 289 cm³/mol. The maximum Gasteiger partial charge on any atom is 0.145 e. The predicted octanol–water partition coefficient (Wildman–Crippen LogP) is 16.0. The minimum absolute atomic E-state index is 0.966. The topological polar surface area (TPSA) is 55.1 Å². The molecule has 6 heterocycles. The monoisotopic (exact) mass is 893 g/mol. The third-order valence-electron chi connectivity index (χ3n) is 14.2. The molecule has 326 valence electrons. The third kappa shape index (κ3) is 5.79. The number of hydrogen-bond donors (Lipinski definition) is 0. The minimum atomic E-state index is 0.966. The van der Waals surface area contributed by atoms with E-state index in [1.165, 1.54) is 16.2 Å². The third-order valence-corrected chi connectivity index (χ3v) is 14.2. The molecule has 0 aliphatic carbocycles. The van der Waals surface area contributed by atoms with E-state index in [2.05, 4.69) is 255 Å². The SMILES string of the molecule is c1ccc2c(c1)nc1c3ccccc3c(-c3ccc(N(c4ccc(-c5cn6c7ccccc7nc6c6ccccc56)cc4)c4ccc(-c5cn6c7ccccc7nc6c6ccccc56)cc4)cc3)cn21. The number of benzene rings is 9. The first-order valence-electron chi connectivity index (χ1n) is 23.7. The van der Waals surface area contributed by atoms with Gasteiger partial charge < -0.3 is 4.90 Å². The van der Waals surface area contributed by atoms with Crippen molar-refractivity contribution in [3.8, 4) is 33.4 Å². The second kappa shape index (κ2) is 15.0. The first-order valence-corrected chi connectivity index (χ1v) is 23.7. The lowest BCUT2D eigenvalue weighted by molar-refractivity contribution is 1.24. The van der Waals surface area contributed by atoms with Crippen molar-refractivity contribution in [2.75, 3.05) is 4.90 Å². The summed E-state index contributed by atoms with van der Waals surface area (Å²) in [6, 6.07) is 77.9. The van der Waals surface area contributed by atoms with E-state index >= 15 is 0 Å². The van der Waals surface area contributed by atoms with Gasteiger partial charge in [-0.05, 0) is 106 Å². The van der Waals surface area contributed by atoms with E-state index in [0.717, 1.165) is 117 Å². The maximum absolute atomic E-state index is 5.06. The molecule has 0 aliphatic rings. The van der Waals surface area contributed by atoms with Gasteiger partial charge in [-0.3, -0.25) is 13.2 Å². The van der Waals surface area contributed by atoms with Gasteiger partial charge in [0.1, 0.15) is 16.9 Å². The number of para-hydroxylation sites is 6. The van der Waals surface area contributed by atoms with Crippen molar-refractivity contribution >= 4 is 99.4 Å². The molecule has 0 fully saturated rings. The van der Waals surface area contributed by atoms with Crippen LogP contribution in [0, 0.1) is 0 Å². The fourth-order valence-corrected chi connectivity index (χ4v) is 10.9. The second-order valence-corrected chi connectivity index (χ2v) is 18.1. The fraction of sp³-hybridized carbons (Fsp3) is 0. The lowest BCUT2D eigenvalue weighted by Gasteiger charge is -2.26. The Kier molecular flexibility index (Phi) is 8.23. The van der Waals surface area contributed by atoms with Crippen LogP contribution in [0.4, 0.5) is 17.1 Å². The summed E-state index contributed by atoms with van der Waals surface area (Å²) in [5.41, 5.74) is 19.2. The summed E-state index contributed by atoms with van der Waals surface area (Å²) >= 11 is 0. The Morgan fingerprint density at radius 2 is 0.514 bits per heavy atom. The molecule has 70 heavy (non-hydrogen) atoms. The number of anilines is 3. The average molecular weight is 894 g/mol. The summed E-state index contributed by atoms with van der Waals surface area (Å²) in [5.74, 6) is 0. The molecular weight excluding hydrogens is 855 g/mol. The van der Waals surface area contributed by atoms with Gasteiger partial charge in [-0.2, -0.15) is 0 Å². The average Bonchev–Trinajstić information content (AvgIpc) is 4.13. The molecule has 0 bridgehead atoms. The van der Waals surface area contributed by atoms with Crippen LogP contribution < -0.4 is 4.90 Å². The van der Waals surface area contributed by atoms with E-state index in [1.54, 1.807) is 0 Å². The Hall–Kier alpha value is -9.59. The molecule has 0 atom stereocenters. The molecule has 7 heteroatoms. The van der Waals surface area contributed by atoms with Gasteiger partial charge in [0.15, 0.2) is 0 Å². The van der Waals surface area contributed by atoms with E-state index in [0.29, 0.717) is 0 Å². The lowest BCUT2D eigenvalue weighted by Crippen LogP contribution is -2.10. The van der Waals surface area contributed by atoms with Crippen LogP contribution in [0.2, 0.25) is 0 Å². The summed E-state index contributed by atoms with van der Waals surface area (Å²) in [7, 11) is 0. The summed E-state index contributed by atoms with van der Waals surface area (Å²) in [6.07, 6.45) is 6.75. The molecule has 0 amide bonds. The van der Waals surface area contributed by atoms with Crippen LogP contribution in [0.25, 0.3) is 116 Å². The van der Waals surface area contributed by atoms with Crippen molar-refractivity contribution < 1.29 is 0 Å². The van der Waals surface area contributed by atoms with Gasteiger partial charge >= 0.3 is 0 Å². The lowest BCUT2D eigenvalue weighted by atomic mass is 9.98. The number of rotatable bonds is 6. The van der Waals surface area contributed by atoms with Crippen molar-refractivity contribution in [3.63, 3.8) is 0 Å². The zero-order valence-electron chi connectivity index (χ0n) is 37.6.